The van der Waals surface area contributed by atoms with Crippen LogP contribution < -0.4 is 0 Å². The fourth-order valence-electron chi connectivity index (χ4n) is 0.788. The van der Waals surface area contributed by atoms with Crippen molar-refractivity contribution in [2.45, 2.75) is 25.7 Å². The van der Waals surface area contributed by atoms with Gasteiger partial charge < -0.3 is 9.47 Å². The maximum absolute atomic E-state index is 10.6. The van der Waals surface area contributed by atoms with E-state index in [9.17, 15) is 9.59 Å². The van der Waals surface area contributed by atoms with E-state index < -0.39 is 0 Å². The summed E-state index contributed by atoms with van der Waals surface area (Å²) < 4.78 is 8.90. The quantitative estimate of drug-likeness (QED) is 0.461. The summed E-state index contributed by atoms with van der Waals surface area (Å²) in [7, 11) is 2.72. The highest BCUT2D eigenvalue weighted by Crippen LogP contribution is 2.03. The number of carbonyl (C=O) groups is 2. The van der Waals surface area contributed by atoms with Crippen LogP contribution in [0.5, 0.6) is 0 Å². The lowest BCUT2D eigenvalue weighted by Gasteiger charge is -1.99. The number of ether oxygens (including phenoxy) is 2. The van der Waals surface area contributed by atoms with Crippen LogP contribution in [-0.2, 0) is 19.1 Å². The van der Waals surface area contributed by atoms with Gasteiger partial charge in [0.1, 0.15) is 0 Å². The van der Waals surface area contributed by atoms with E-state index in [4.69, 9.17) is 0 Å². The van der Waals surface area contributed by atoms with Crippen LogP contribution >= 0.6 is 0 Å². The topological polar surface area (TPSA) is 52.6 Å². The maximum atomic E-state index is 10.6. The molecule has 0 aromatic rings. The molecule has 75 valence electrons. The zero-order chi connectivity index (χ0) is 10.1. The summed E-state index contributed by atoms with van der Waals surface area (Å²) in [4.78, 5) is 21.3. The Morgan fingerprint density at radius 1 is 1.00 bits per heavy atom. The molecule has 0 aliphatic heterocycles. The van der Waals surface area contributed by atoms with E-state index in [-0.39, 0.29) is 11.9 Å². The summed E-state index contributed by atoms with van der Waals surface area (Å²) >= 11 is 0. The van der Waals surface area contributed by atoms with E-state index in [0.717, 1.165) is 0 Å². The lowest BCUT2D eigenvalue weighted by Crippen LogP contribution is -2.01. The molecule has 13 heavy (non-hydrogen) atoms. The first-order chi connectivity index (χ1) is 6.20. The van der Waals surface area contributed by atoms with Crippen LogP contribution in [0.4, 0.5) is 0 Å². The molecule has 0 saturated carbocycles. The Morgan fingerprint density at radius 3 is 1.69 bits per heavy atom. The molecule has 0 aromatic carbocycles. The Bertz CT molecular complexity index is 147. The smallest absolute Gasteiger partial charge is 0.305 e. The zero-order valence-corrected chi connectivity index (χ0v) is 8.04. The summed E-state index contributed by atoms with van der Waals surface area (Å²) in [6, 6.07) is 0. The van der Waals surface area contributed by atoms with Crippen LogP contribution in [0, 0.1) is 6.42 Å². The number of methoxy groups -OCH3 is 2. The van der Waals surface area contributed by atoms with E-state index >= 15 is 0 Å². The normalized spacial score (nSPS) is 9.38. The molecular weight excluding hydrogens is 172 g/mol. The molecule has 0 aliphatic rings. The third-order valence-corrected chi connectivity index (χ3v) is 1.56. The predicted octanol–water partition coefficient (Wildman–Crippen LogP) is 1.10. The molecule has 0 rings (SSSR count). The van der Waals surface area contributed by atoms with Crippen LogP contribution in [0.25, 0.3) is 0 Å². The summed E-state index contributed by atoms with van der Waals surface area (Å²) in [6.07, 6.45) is 3.91. The molecule has 0 saturated heterocycles. The minimum absolute atomic E-state index is 0.227. The third-order valence-electron chi connectivity index (χ3n) is 1.56. The fourth-order valence-corrected chi connectivity index (χ4v) is 0.788. The fraction of sp³-hybridized carbons (Fsp3) is 0.667. The monoisotopic (exact) mass is 187 g/mol. The minimum Gasteiger partial charge on any atom is -0.469 e. The molecule has 1 radical (unpaired) electrons. The Morgan fingerprint density at radius 2 is 1.38 bits per heavy atom. The largest absolute Gasteiger partial charge is 0.469 e. The molecule has 0 aliphatic carbocycles. The lowest BCUT2D eigenvalue weighted by atomic mass is 10.1. The van der Waals surface area contributed by atoms with Crippen molar-refractivity contribution < 1.29 is 19.1 Å². The van der Waals surface area contributed by atoms with Gasteiger partial charge >= 0.3 is 11.9 Å². The van der Waals surface area contributed by atoms with Gasteiger partial charge in [-0.25, -0.2) is 0 Å². The van der Waals surface area contributed by atoms with Gasteiger partial charge in [0.05, 0.1) is 14.2 Å². The zero-order valence-electron chi connectivity index (χ0n) is 8.04. The van der Waals surface area contributed by atoms with Crippen molar-refractivity contribution >= 4 is 11.9 Å². The molecule has 4 nitrogen and oxygen atoms in total. The van der Waals surface area contributed by atoms with Crippen LogP contribution in [0.2, 0.25) is 0 Å². The molecule has 4 heteroatoms. The molecule has 0 heterocycles. The summed E-state index contributed by atoms with van der Waals surface area (Å²) in [5.41, 5.74) is 0. The third kappa shape index (κ3) is 7.31. The molecular formula is C9H15O4. The van der Waals surface area contributed by atoms with Crippen molar-refractivity contribution in [1.82, 2.24) is 0 Å². The standard InChI is InChI=1S/C9H15O4/c1-12-8(10)6-4-3-5-7-9(11)13-2/h3H,4-7H2,1-2H3. The average molecular weight is 187 g/mol. The number of carbonyl (C=O) groups excluding carboxylic acids is 2. The summed E-state index contributed by atoms with van der Waals surface area (Å²) in [6.45, 7) is 0. The molecule has 0 atom stereocenters. The van der Waals surface area contributed by atoms with Gasteiger partial charge in [-0.05, 0) is 19.3 Å². The predicted molar refractivity (Wildman–Crippen MR) is 46.8 cm³/mol. The SMILES string of the molecule is COC(=O)CC[CH]CCC(=O)OC. The summed E-state index contributed by atoms with van der Waals surface area (Å²) in [5.74, 6) is -0.455. The Kier molecular flexibility index (Phi) is 6.96. The second kappa shape index (κ2) is 7.58. The van der Waals surface area contributed by atoms with Crippen LogP contribution in [0.1, 0.15) is 25.7 Å². The highest BCUT2D eigenvalue weighted by atomic mass is 16.5. The van der Waals surface area contributed by atoms with Crippen molar-refractivity contribution in [3.05, 3.63) is 6.42 Å². The van der Waals surface area contributed by atoms with E-state index in [1.807, 2.05) is 6.42 Å². The molecule has 0 bridgehead atoms. The molecule has 0 aromatic heterocycles. The Balaban J connectivity index is 3.17. The number of hydrogen-bond acceptors (Lipinski definition) is 4. The van der Waals surface area contributed by atoms with Gasteiger partial charge in [0, 0.05) is 12.8 Å². The van der Waals surface area contributed by atoms with Crippen molar-refractivity contribution in [3.63, 3.8) is 0 Å². The Hall–Kier alpha value is -1.06. The molecule has 0 N–H and O–H groups in total. The lowest BCUT2D eigenvalue weighted by molar-refractivity contribution is -0.141. The van der Waals surface area contributed by atoms with Gasteiger partial charge in [0.15, 0.2) is 0 Å². The number of hydrogen-bond donors (Lipinski definition) is 0. The second-order valence-electron chi connectivity index (χ2n) is 2.52. The van der Waals surface area contributed by atoms with Gasteiger partial charge in [0.2, 0.25) is 0 Å². The van der Waals surface area contributed by atoms with E-state index in [1.165, 1.54) is 14.2 Å². The van der Waals surface area contributed by atoms with E-state index in [2.05, 4.69) is 9.47 Å². The number of unbranched alkanes of at least 4 members (excludes halogenated alkanes) is 2. The molecule has 0 fully saturated rings. The highest BCUT2D eigenvalue weighted by molar-refractivity contribution is 5.70. The Labute approximate surface area is 78.2 Å². The first kappa shape index (κ1) is 11.9. The molecule has 0 spiro atoms. The van der Waals surface area contributed by atoms with Crippen molar-refractivity contribution in [3.8, 4) is 0 Å². The van der Waals surface area contributed by atoms with E-state index in [0.29, 0.717) is 25.7 Å². The first-order valence-electron chi connectivity index (χ1n) is 4.16. The van der Waals surface area contributed by atoms with Gasteiger partial charge in [-0.3, -0.25) is 9.59 Å². The molecule has 0 unspecified atom stereocenters. The number of rotatable bonds is 6. The first-order valence-corrected chi connectivity index (χ1v) is 4.16. The van der Waals surface area contributed by atoms with Crippen molar-refractivity contribution in [2.24, 2.45) is 0 Å². The van der Waals surface area contributed by atoms with Crippen molar-refractivity contribution in [2.75, 3.05) is 14.2 Å². The maximum Gasteiger partial charge on any atom is 0.305 e. The van der Waals surface area contributed by atoms with Gasteiger partial charge in [-0.1, -0.05) is 0 Å². The molecule has 0 amide bonds. The van der Waals surface area contributed by atoms with Crippen LogP contribution in [0.15, 0.2) is 0 Å². The van der Waals surface area contributed by atoms with Gasteiger partial charge in [-0.2, -0.15) is 0 Å². The average Bonchev–Trinajstić information content (AvgIpc) is 2.16. The highest BCUT2D eigenvalue weighted by Gasteiger charge is 2.02. The van der Waals surface area contributed by atoms with Crippen LogP contribution in [-0.4, -0.2) is 26.2 Å². The van der Waals surface area contributed by atoms with Gasteiger partial charge in [-0.15, -0.1) is 0 Å². The van der Waals surface area contributed by atoms with Gasteiger partial charge in [0.25, 0.3) is 0 Å². The second-order valence-corrected chi connectivity index (χ2v) is 2.52. The minimum atomic E-state index is -0.227. The van der Waals surface area contributed by atoms with E-state index in [1.54, 1.807) is 0 Å². The van der Waals surface area contributed by atoms with Crippen LogP contribution in [0.3, 0.4) is 0 Å². The summed E-state index contributed by atoms with van der Waals surface area (Å²) in [5, 5.41) is 0. The number of esters is 2. The van der Waals surface area contributed by atoms with Crippen molar-refractivity contribution in [1.29, 1.82) is 0 Å².